The number of H-pyrrole nitrogens is 1. The molecule has 0 radical (unpaired) electrons. The van der Waals surface area contributed by atoms with Crippen LogP contribution in [-0.2, 0) is 15.7 Å². The van der Waals surface area contributed by atoms with Gasteiger partial charge in [-0.05, 0) is 37.3 Å². The number of nitrogens with zero attached hydrogens (tertiary/aromatic N) is 4. The van der Waals surface area contributed by atoms with Gasteiger partial charge in [-0.2, -0.15) is 13.2 Å². The van der Waals surface area contributed by atoms with Crippen molar-refractivity contribution in [1.82, 2.24) is 30.2 Å². The maximum absolute atomic E-state index is 14.9. The van der Waals surface area contributed by atoms with Gasteiger partial charge in [-0.1, -0.05) is 0 Å². The van der Waals surface area contributed by atoms with E-state index in [9.17, 15) is 22.4 Å². The van der Waals surface area contributed by atoms with Gasteiger partial charge in [0.1, 0.15) is 23.9 Å². The first-order valence-corrected chi connectivity index (χ1v) is 12.1. The number of alkyl halides is 3. The van der Waals surface area contributed by atoms with Crippen molar-refractivity contribution in [3.63, 3.8) is 0 Å². The summed E-state index contributed by atoms with van der Waals surface area (Å²) >= 11 is 0. The summed E-state index contributed by atoms with van der Waals surface area (Å²) in [6, 6.07) is 5.03. The second-order valence-corrected chi connectivity index (χ2v) is 8.86. The zero-order valence-electron chi connectivity index (χ0n) is 22.1. The molecule has 0 aliphatic rings. The van der Waals surface area contributed by atoms with E-state index in [2.05, 4.69) is 35.6 Å². The minimum absolute atomic E-state index is 0.0420. The van der Waals surface area contributed by atoms with E-state index in [0.29, 0.717) is 23.0 Å². The molecule has 15 heteroatoms. The van der Waals surface area contributed by atoms with Gasteiger partial charge in [-0.25, -0.2) is 24.3 Å². The molecule has 41 heavy (non-hydrogen) atoms. The van der Waals surface area contributed by atoms with Crippen molar-refractivity contribution >= 4 is 17.7 Å². The maximum Gasteiger partial charge on any atom is 0.416 e. The van der Waals surface area contributed by atoms with Gasteiger partial charge in [0.2, 0.25) is 11.9 Å². The Hall–Kier alpha value is -4.79. The molecule has 1 unspecified atom stereocenters. The number of nitrogens with one attached hydrogen (secondary N) is 3. The molecule has 0 bridgehead atoms. The third-order valence-electron chi connectivity index (χ3n) is 5.79. The highest BCUT2D eigenvalue weighted by Crippen LogP contribution is 2.37. The van der Waals surface area contributed by atoms with Crippen LogP contribution >= 0.6 is 0 Å². The van der Waals surface area contributed by atoms with Crippen molar-refractivity contribution in [3.05, 3.63) is 54.1 Å². The average molecular weight is 575 g/mol. The number of nitrogen functional groups attached to an aromatic ring is 1. The number of hydrogen-bond acceptors (Lipinski definition) is 9. The smallest absolute Gasteiger partial charge is 0.416 e. The van der Waals surface area contributed by atoms with Crippen LogP contribution in [0, 0.1) is 5.82 Å². The standard InChI is InChI=1S/C26H26F4N8O3/c1-13(35-20(39)12-40-2)10-34-25-32-7-6-18(36-25)22-21(14-8-19(41-3)23(31)33-11-14)37-24(38-22)16-5-4-15(9-17(16)27)26(28,29)30/h4-9,11,13H,10,12H2,1-3H3,(H2,31,33)(H,35,39)(H,37,38)(H,32,34,36). The lowest BCUT2D eigenvalue weighted by Crippen LogP contribution is -2.39. The van der Waals surface area contributed by atoms with Crippen LogP contribution in [0.5, 0.6) is 5.75 Å². The number of benzene rings is 1. The fourth-order valence-electron chi connectivity index (χ4n) is 3.85. The van der Waals surface area contributed by atoms with Crippen molar-refractivity contribution in [2.24, 2.45) is 0 Å². The van der Waals surface area contributed by atoms with Gasteiger partial charge < -0.3 is 30.8 Å². The van der Waals surface area contributed by atoms with Crippen LogP contribution in [0.4, 0.5) is 29.3 Å². The molecule has 3 heterocycles. The maximum atomic E-state index is 14.9. The first-order valence-electron chi connectivity index (χ1n) is 12.1. The van der Waals surface area contributed by atoms with E-state index in [0.717, 1.165) is 12.1 Å². The Morgan fingerprint density at radius 2 is 1.93 bits per heavy atom. The van der Waals surface area contributed by atoms with Crippen molar-refractivity contribution in [3.8, 4) is 39.8 Å². The van der Waals surface area contributed by atoms with Crippen LogP contribution in [-0.4, -0.2) is 64.2 Å². The van der Waals surface area contributed by atoms with Gasteiger partial charge in [-0.3, -0.25) is 4.79 Å². The second-order valence-electron chi connectivity index (χ2n) is 8.86. The summed E-state index contributed by atoms with van der Waals surface area (Å²) in [6.07, 6.45) is -1.81. The number of pyridine rings is 1. The summed E-state index contributed by atoms with van der Waals surface area (Å²) in [4.78, 5) is 32.0. The molecular formula is C26H26F4N8O3. The SMILES string of the molecule is COCC(=O)NC(C)CNc1nccc(-c2[nH]c(-c3ccc(C(F)(F)F)cc3F)nc2-c2cnc(N)c(OC)c2)n1. The highest BCUT2D eigenvalue weighted by atomic mass is 19.4. The second kappa shape index (κ2) is 12.2. The summed E-state index contributed by atoms with van der Waals surface area (Å²) < 4.78 is 64.2. The van der Waals surface area contributed by atoms with Gasteiger partial charge >= 0.3 is 6.18 Å². The monoisotopic (exact) mass is 574 g/mol. The summed E-state index contributed by atoms with van der Waals surface area (Å²) in [5, 5.41) is 5.78. The van der Waals surface area contributed by atoms with Crippen molar-refractivity contribution < 1.29 is 31.8 Å². The summed E-state index contributed by atoms with van der Waals surface area (Å²) in [7, 11) is 2.83. The highest BCUT2D eigenvalue weighted by Gasteiger charge is 2.31. The van der Waals surface area contributed by atoms with Crippen LogP contribution in [0.3, 0.4) is 0 Å². The molecule has 5 N–H and O–H groups in total. The van der Waals surface area contributed by atoms with Gasteiger partial charge in [0.25, 0.3) is 0 Å². The topological polar surface area (TPSA) is 153 Å². The fourth-order valence-corrected chi connectivity index (χ4v) is 3.85. The van der Waals surface area contributed by atoms with Crippen LogP contribution in [0.15, 0.2) is 42.7 Å². The van der Waals surface area contributed by atoms with Crippen LogP contribution in [0.1, 0.15) is 12.5 Å². The predicted octanol–water partition coefficient (Wildman–Crippen LogP) is 3.91. The number of amides is 1. The number of carbonyl (C=O) groups excluding carboxylic acids is 1. The third kappa shape index (κ3) is 6.87. The lowest BCUT2D eigenvalue weighted by molar-refractivity contribution is -0.137. The number of hydrogen-bond donors (Lipinski definition) is 4. The zero-order chi connectivity index (χ0) is 29.7. The number of nitrogens with two attached hydrogens (primary N) is 1. The van der Waals surface area contributed by atoms with Gasteiger partial charge in [-0.15, -0.1) is 0 Å². The first kappa shape index (κ1) is 29.2. The first-order chi connectivity index (χ1) is 19.5. The van der Waals surface area contributed by atoms with Gasteiger partial charge in [0, 0.05) is 37.7 Å². The molecule has 0 spiro atoms. The average Bonchev–Trinajstić information content (AvgIpc) is 3.37. The number of rotatable bonds is 10. The number of aromatic amines is 1. The summed E-state index contributed by atoms with van der Waals surface area (Å²) in [6.45, 7) is 1.99. The Kier molecular flexibility index (Phi) is 8.66. The molecular weight excluding hydrogens is 548 g/mol. The lowest BCUT2D eigenvalue weighted by Gasteiger charge is -2.14. The van der Waals surface area contributed by atoms with Crippen LogP contribution < -0.4 is 21.1 Å². The van der Waals surface area contributed by atoms with E-state index >= 15 is 0 Å². The van der Waals surface area contributed by atoms with Crippen molar-refractivity contribution in [1.29, 1.82) is 0 Å². The molecule has 11 nitrogen and oxygen atoms in total. The highest BCUT2D eigenvalue weighted by molar-refractivity contribution is 5.81. The molecule has 0 saturated heterocycles. The van der Waals surface area contributed by atoms with E-state index in [-0.39, 0.29) is 59.7 Å². The molecule has 216 valence electrons. The van der Waals surface area contributed by atoms with Crippen LogP contribution in [0.2, 0.25) is 0 Å². The Labute approximate surface area is 231 Å². The molecule has 0 fully saturated rings. The van der Waals surface area contributed by atoms with Gasteiger partial charge in [0.05, 0.1) is 29.6 Å². The van der Waals surface area contributed by atoms with E-state index in [1.165, 1.54) is 26.6 Å². The molecule has 1 atom stereocenters. The molecule has 3 aromatic heterocycles. The summed E-state index contributed by atoms with van der Waals surface area (Å²) in [5.41, 5.74) is 5.85. The number of imidazole rings is 1. The number of aromatic nitrogens is 5. The number of anilines is 2. The Bertz CT molecular complexity index is 1540. The third-order valence-corrected chi connectivity index (χ3v) is 5.79. The Morgan fingerprint density at radius 3 is 2.61 bits per heavy atom. The fraction of sp³-hybridized carbons (Fsp3) is 0.269. The molecule has 4 aromatic rings. The normalized spacial score (nSPS) is 12.2. The molecule has 1 aromatic carbocycles. The largest absolute Gasteiger partial charge is 0.493 e. The number of ether oxygens (including phenoxy) is 2. The Balaban J connectivity index is 1.73. The van der Waals surface area contributed by atoms with E-state index in [1.807, 2.05) is 0 Å². The summed E-state index contributed by atoms with van der Waals surface area (Å²) in [5.74, 6) is -0.843. The van der Waals surface area contributed by atoms with E-state index in [4.69, 9.17) is 15.2 Å². The molecule has 4 rings (SSSR count). The van der Waals surface area contributed by atoms with Crippen LogP contribution in [0.25, 0.3) is 34.0 Å². The molecule has 0 aliphatic carbocycles. The van der Waals surface area contributed by atoms with Crippen molar-refractivity contribution in [2.45, 2.75) is 19.1 Å². The van der Waals surface area contributed by atoms with E-state index in [1.54, 1.807) is 19.1 Å². The minimum atomic E-state index is -4.71. The lowest BCUT2D eigenvalue weighted by atomic mass is 10.1. The number of carbonyl (C=O) groups is 1. The quantitative estimate of drug-likeness (QED) is 0.207. The Morgan fingerprint density at radius 1 is 1.15 bits per heavy atom. The predicted molar refractivity (Wildman–Crippen MR) is 142 cm³/mol. The zero-order valence-corrected chi connectivity index (χ0v) is 22.1. The molecule has 1 amide bonds. The molecule has 0 aliphatic heterocycles. The molecule has 0 saturated carbocycles. The minimum Gasteiger partial charge on any atom is -0.493 e. The van der Waals surface area contributed by atoms with Gasteiger partial charge in [0.15, 0.2) is 11.6 Å². The van der Waals surface area contributed by atoms with E-state index < -0.39 is 17.6 Å². The number of methoxy groups -OCH3 is 2. The number of halogens is 4. The van der Waals surface area contributed by atoms with Crippen molar-refractivity contribution in [2.75, 3.05) is 38.4 Å².